The summed E-state index contributed by atoms with van der Waals surface area (Å²) in [7, 11) is 0. The molecule has 0 aliphatic rings. The lowest BCUT2D eigenvalue weighted by Gasteiger charge is -2.19. The fourth-order valence-corrected chi connectivity index (χ4v) is 2.88. The highest BCUT2D eigenvalue weighted by Gasteiger charge is 2.17. The van der Waals surface area contributed by atoms with Crippen molar-refractivity contribution in [3.05, 3.63) is 70.5 Å². The van der Waals surface area contributed by atoms with Gasteiger partial charge in [0.05, 0.1) is 12.6 Å². The van der Waals surface area contributed by atoms with Gasteiger partial charge in [0.2, 0.25) is 5.91 Å². The zero-order valence-electron chi connectivity index (χ0n) is 14.6. The molecule has 0 saturated carbocycles. The highest BCUT2D eigenvalue weighted by molar-refractivity contribution is 5.77. The molecule has 2 aromatic carbocycles. The smallest absolute Gasteiger partial charge is 0.222 e. The van der Waals surface area contributed by atoms with Crippen LogP contribution in [0.15, 0.2) is 42.5 Å². The predicted molar refractivity (Wildman–Crippen MR) is 96.6 cm³/mol. The molecule has 0 saturated heterocycles. The molecule has 0 aliphatic heterocycles. The first-order valence-corrected chi connectivity index (χ1v) is 8.36. The van der Waals surface area contributed by atoms with Gasteiger partial charge in [-0.1, -0.05) is 35.9 Å². The second-order valence-corrected chi connectivity index (χ2v) is 6.46. The van der Waals surface area contributed by atoms with E-state index in [1.165, 1.54) is 17.7 Å². The molecule has 4 nitrogen and oxygen atoms in total. The number of aliphatic hydroxyl groups excluding tert-OH is 1. The average molecular weight is 344 g/mol. The average Bonchev–Trinajstić information content (AvgIpc) is 2.55. The van der Waals surface area contributed by atoms with E-state index in [0.29, 0.717) is 12.0 Å². The van der Waals surface area contributed by atoms with E-state index in [1.807, 2.05) is 26.0 Å². The Morgan fingerprint density at radius 1 is 1.24 bits per heavy atom. The van der Waals surface area contributed by atoms with Gasteiger partial charge >= 0.3 is 0 Å². The first kappa shape index (κ1) is 19.1. The van der Waals surface area contributed by atoms with Crippen LogP contribution in [-0.4, -0.2) is 23.7 Å². The Balaban J connectivity index is 1.94. The van der Waals surface area contributed by atoms with Crippen molar-refractivity contribution in [1.82, 2.24) is 5.32 Å². The summed E-state index contributed by atoms with van der Waals surface area (Å²) in [6, 6.07) is 11.0. The van der Waals surface area contributed by atoms with Gasteiger partial charge in [0.15, 0.2) is 0 Å². The SMILES string of the molecule is Cc1ccc(CC(N)CC(=O)NC(CO)c2cccc(F)c2)c(C)c1. The molecule has 2 aromatic rings. The summed E-state index contributed by atoms with van der Waals surface area (Å²) >= 11 is 0. The number of hydrogen-bond donors (Lipinski definition) is 3. The van der Waals surface area contributed by atoms with Crippen LogP contribution in [0.5, 0.6) is 0 Å². The van der Waals surface area contributed by atoms with Crippen LogP contribution in [0.1, 0.15) is 34.7 Å². The van der Waals surface area contributed by atoms with Crippen molar-refractivity contribution in [1.29, 1.82) is 0 Å². The molecule has 0 aromatic heterocycles. The second kappa shape index (κ2) is 8.74. The number of amides is 1. The van der Waals surface area contributed by atoms with E-state index >= 15 is 0 Å². The monoisotopic (exact) mass is 344 g/mol. The largest absolute Gasteiger partial charge is 0.394 e. The van der Waals surface area contributed by atoms with E-state index < -0.39 is 11.9 Å². The third-order valence-corrected chi connectivity index (χ3v) is 4.20. The van der Waals surface area contributed by atoms with Gasteiger partial charge < -0.3 is 16.2 Å². The molecule has 2 unspecified atom stereocenters. The lowest BCUT2D eigenvalue weighted by atomic mass is 9.98. The Kier molecular flexibility index (Phi) is 6.67. The molecular weight excluding hydrogens is 319 g/mol. The van der Waals surface area contributed by atoms with E-state index in [9.17, 15) is 14.3 Å². The van der Waals surface area contributed by atoms with Crippen molar-refractivity contribution in [2.45, 2.75) is 38.8 Å². The number of nitrogens with two attached hydrogens (primary N) is 1. The van der Waals surface area contributed by atoms with Gasteiger partial charge in [0.25, 0.3) is 0 Å². The Morgan fingerprint density at radius 2 is 2.00 bits per heavy atom. The molecule has 0 spiro atoms. The third-order valence-electron chi connectivity index (χ3n) is 4.20. The van der Waals surface area contributed by atoms with Crippen molar-refractivity contribution in [3.63, 3.8) is 0 Å². The molecule has 0 aliphatic carbocycles. The molecule has 0 bridgehead atoms. The van der Waals surface area contributed by atoms with Crippen molar-refractivity contribution in [2.24, 2.45) is 5.73 Å². The highest BCUT2D eigenvalue weighted by Crippen LogP contribution is 2.15. The standard InChI is InChI=1S/C20H25FN2O2/c1-13-6-7-15(14(2)8-13)10-18(22)11-20(25)23-19(12-24)16-4-3-5-17(21)9-16/h3-9,18-19,24H,10-12,22H2,1-2H3,(H,23,25). The topological polar surface area (TPSA) is 75.4 Å². The summed E-state index contributed by atoms with van der Waals surface area (Å²) < 4.78 is 13.3. The van der Waals surface area contributed by atoms with Gasteiger partial charge in [0, 0.05) is 12.5 Å². The van der Waals surface area contributed by atoms with Crippen molar-refractivity contribution in [3.8, 4) is 0 Å². The molecule has 25 heavy (non-hydrogen) atoms. The van der Waals surface area contributed by atoms with Crippen molar-refractivity contribution >= 4 is 5.91 Å². The fraction of sp³-hybridized carbons (Fsp3) is 0.350. The number of halogens is 1. The lowest BCUT2D eigenvalue weighted by Crippen LogP contribution is -2.36. The maximum absolute atomic E-state index is 13.3. The van der Waals surface area contributed by atoms with Crippen molar-refractivity contribution < 1.29 is 14.3 Å². The molecule has 4 N–H and O–H groups in total. The number of carbonyl (C=O) groups excluding carboxylic acids is 1. The number of aryl methyl sites for hydroxylation is 2. The van der Waals surface area contributed by atoms with Gasteiger partial charge in [-0.05, 0) is 49.1 Å². The predicted octanol–water partition coefficient (Wildman–Crippen LogP) is 2.55. The molecular formula is C20H25FN2O2. The first-order valence-electron chi connectivity index (χ1n) is 8.36. The Morgan fingerprint density at radius 3 is 2.64 bits per heavy atom. The zero-order valence-corrected chi connectivity index (χ0v) is 14.6. The normalized spacial score (nSPS) is 13.3. The number of nitrogens with one attached hydrogen (secondary N) is 1. The van der Waals surface area contributed by atoms with Crippen LogP contribution in [0.4, 0.5) is 4.39 Å². The van der Waals surface area contributed by atoms with Crippen LogP contribution in [0.2, 0.25) is 0 Å². The Hall–Kier alpha value is -2.24. The fourth-order valence-electron chi connectivity index (χ4n) is 2.88. The zero-order chi connectivity index (χ0) is 18.4. The van der Waals surface area contributed by atoms with Crippen LogP contribution < -0.4 is 11.1 Å². The summed E-state index contributed by atoms with van der Waals surface area (Å²) in [5.74, 6) is -0.669. The number of aliphatic hydroxyl groups is 1. The van der Waals surface area contributed by atoms with E-state index in [0.717, 1.165) is 11.1 Å². The number of carbonyl (C=O) groups is 1. The minimum absolute atomic E-state index is 0.138. The Labute approximate surface area is 147 Å². The number of rotatable bonds is 7. The van der Waals surface area contributed by atoms with Crippen LogP contribution in [-0.2, 0) is 11.2 Å². The molecule has 0 fully saturated rings. The van der Waals surface area contributed by atoms with Crippen LogP contribution in [0, 0.1) is 19.7 Å². The maximum atomic E-state index is 13.3. The first-order chi connectivity index (χ1) is 11.9. The van der Waals surface area contributed by atoms with Gasteiger partial charge in [-0.3, -0.25) is 4.79 Å². The second-order valence-electron chi connectivity index (χ2n) is 6.46. The maximum Gasteiger partial charge on any atom is 0.222 e. The molecule has 5 heteroatoms. The molecule has 1 amide bonds. The Bertz CT molecular complexity index is 733. The summed E-state index contributed by atoms with van der Waals surface area (Å²) in [5.41, 5.74) is 10.1. The lowest BCUT2D eigenvalue weighted by molar-refractivity contribution is -0.122. The summed E-state index contributed by atoms with van der Waals surface area (Å²) in [4.78, 5) is 12.2. The van der Waals surface area contributed by atoms with E-state index in [1.54, 1.807) is 12.1 Å². The van der Waals surface area contributed by atoms with Crippen LogP contribution in [0.25, 0.3) is 0 Å². The van der Waals surface area contributed by atoms with Gasteiger partial charge in [0.1, 0.15) is 5.82 Å². The van der Waals surface area contributed by atoms with Crippen LogP contribution >= 0.6 is 0 Å². The summed E-state index contributed by atoms with van der Waals surface area (Å²) in [6.45, 7) is 3.76. The third kappa shape index (κ3) is 5.66. The number of hydrogen-bond acceptors (Lipinski definition) is 3. The van der Waals surface area contributed by atoms with Gasteiger partial charge in [-0.25, -0.2) is 4.39 Å². The van der Waals surface area contributed by atoms with Crippen LogP contribution in [0.3, 0.4) is 0 Å². The molecule has 134 valence electrons. The summed E-state index contributed by atoms with van der Waals surface area (Å²) in [6.07, 6.45) is 0.739. The van der Waals surface area contributed by atoms with Gasteiger partial charge in [-0.15, -0.1) is 0 Å². The van der Waals surface area contributed by atoms with E-state index in [-0.39, 0.29) is 25.0 Å². The van der Waals surface area contributed by atoms with Crippen molar-refractivity contribution in [2.75, 3.05) is 6.61 Å². The highest BCUT2D eigenvalue weighted by atomic mass is 19.1. The molecule has 0 heterocycles. The number of benzene rings is 2. The molecule has 0 radical (unpaired) electrons. The quantitative estimate of drug-likeness (QED) is 0.722. The molecule has 2 rings (SSSR count). The van der Waals surface area contributed by atoms with Gasteiger partial charge in [-0.2, -0.15) is 0 Å². The van der Waals surface area contributed by atoms with E-state index in [2.05, 4.69) is 11.4 Å². The minimum Gasteiger partial charge on any atom is -0.394 e. The van der Waals surface area contributed by atoms with E-state index in [4.69, 9.17) is 5.73 Å². The minimum atomic E-state index is -0.642. The molecule has 2 atom stereocenters. The summed E-state index contributed by atoms with van der Waals surface area (Å²) in [5, 5.41) is 12.2.